The molecule has 0 spiro atoms. The van der Waals surface area contributed by atoms with Crippen molar-refractivity contribution in [2.75, 3.05) is 31.1 Å². The largest absolute Gasteiger partial charge is 0.478 e. The molecule has 0 aliphatic carbocycles. The Morgan fingerprint density at radius 2 is 1.63 bits per heavy atom. The van der Waals surface area contributed by atoms with E-state index in [2.05, 4.69) is 47.1 Å². The number of carboxylic acid groups (broad SMARTS) is 1. The van der Waals surface area contributed by atoms with Crippen molar-refractivity contribution >= 4 is 23.3 Å². The first kappa shape index (κ1) is 20.5. The standard InChI is InChI=1S/C25H25ClN2O2/c1-18-16-21(26)8-11-23(18)24-5-3-2-4-20(24)17-27-12-14-28(15-13-27)22-9-6-19(7-10-22)25(29)30/h2-11,16H,12-15,17H2,1H3,(H,29,30). The van der Waals surface area contributed by atoms with E-state index in [1.807, 2.05) is 24.3 Å². The summed E-state index contributed by atoms with van der Waals surface area (Å²) in [4.78, 5) is 15.8. The molecular formula is C25H25ClN2O2. The summed E-state index contributed by atoms with van der Waals surface area (Å²) in [5.74, 6) is -0.888. The lowest BCUT2D eigenvalue weighted by molar-refractivity contribution is 0.0697. The molecule has 30 heavy (non-hydrogen) atoms. The number of aromatic carboxylic acids is 1. The fourth-order valence-corrected chi connectivity index (χ4v) is 4.30. The number of hydrogen-bond acceptors (Lipinski definition) is 3. The van der Waals surface area contributed by atoms with Gasteiger partial charge in [-0.2, -0.15) is 0 Å². The normalized spacial score (nSPS) is 14.7. The molecule has 0 aromatic heterocycles. The second kappa shape index (κ2) is 8.90. The number of hydrogen-bond donors (Lipinski definition) is 1. The zero-order valence-corrected chi connectivity index (χ0v) is 17.8. The van der Waals surface area contributed by atoms with Crippen LogP contribution in [-0.4, -0.2) is 42.2 Å². The van der Waals surface area contributed by atoms with Gasteiger partial charge in [-0.05, 0) is 65.6 Å². The highest BCUT2D eigenvalue weighted by Crippen LogP contribution is 2.30. The molecule has 4 rings (SSSR count). The SMILES string of the molecule is Cc1cc(Cl)ccc1-c1ccccc1CN1CCN(c2ccc(C(=O)O)cc2)CC1. The highest BCUT2D eigenvalue weighted by atomic mass is 35.5. The van der Waals surface area contributed by atoms with Crippen molar-refractivity contribution in [1.82, 2.24) is 4.90 Å². The van der Waals surface area contributed by atoms with Gasteiger partial charge in [0, 0.05) is 43.4 Å². The molecule has 3 aromatic rings. The number of halogens is 1. The van der Waals surface area contributed by atoms with E-state index in [-0.39, 0.29) is 0 Å². The number of nitrogens with zero attached hydrogens (tertiary/aromatic N) is 2. The maximum Gasteiger partial charge on any atom is 0.335 e. The molecule has 0 atom stereocenters. The quantitative estimate of drug-likeness (QED) is 0.605. The number of carbonyl (C=O) groups is 1. The zero-order chi connectivity index (χ0) is 21.1. The van der Waals surface area contributed by atoms with Gasteiger partial charge in [-0.1, -0.05) is 41.9 Å². The van der Waals surface area contributed by atoms with E-state index >= 15 is 0 Å². The molecule has 1 saturated heterocycles. The van der Waals surface area contributed by atoms with Crippen LogP contribution in [0.4, 0.5) is 5.69 Å². The van der Waals surface area contributed by atoms with E-state index in [1.54, 1.807) is 12.1 Å². The molecule has 1 fully saturated rings. The molecule has 0 radical (unpaired) electrons. The number of carboxylic acids is 1. The number of aryl methyl sites for hydroxylation is 1. The maximum atomic E-state index is 11.0. The molecule has 1 aliphatic heterocycles. The summed E-state index contributed by atoms with van der Waals surface area (Å²) in [6, 6.07) is 21.8. The first-order valence-corrected chi connectivity index (χ1v) is 10.5. The Balaban J connectivity index is 1.44. The van der Waals surface area contributed by atoms with Crippen LogP contribution in [0.5, 0.6) is 0 Å². The number of anilines is 1. The lowest BCUT2D eigenvalue weighted by Crippen LogP contribution is -2.46. The van der Waals surface area contributed by atoms with Crippen LogP contribution in [0.25, 0.3) is 11.1 Å². The monoisotopic (exact) mass is 420 g/mol. The third-order valence-electron chi connectivity index (χ3n) is 5.74. The Kier molecular flexibility index (Phi) is 6.07. The lowest BCUT2D eigenvalue weighted by atomic mass is 9.95. The third kappa shape index (κ3) is 4.50. The number of rotatable bonds is 5. The summed E-state index contributed by atoms with van der Waals surface area (Å²) in [5.41, 5.74) is 6.40. The summed E-state index contributed by atoms with van der Waals surface area (Å²) in [7, 11) is 0. The van der Waals surface area contributed by atoms with Gasteiger partial charge in [0.25, 0.3) is 0 Å². The first-order chi connectivity index (χ1) is 14.5. The summed E-state index contributed by atoms with van der Waals surface area (Å²) in [6.45, 7) is 6.79. The summed E-state index contributed by atoms with van der Waals surface area (Å²) in [5, 5.41) is 9.83. The van der Waals surface area contributed by atoms with Crippen molar-refractivity contribution < 1.29 is 9.90 Å². The summed E-state index contributed by atoms with van der Waals surface area (Å²) >= 11 is 6.15. The van der Waals surface area contributed by atoms with Crippen LogP contribution in [0.15, 0.2) is 66.7 Å². The highest BCUT2D eigenvalue weighted by Gasteiger charge is 2.19. The van der Waals surface area contributed by atoms with Crippen molar-refractivity contribution in [2.24, 2.45) is 0 Å². The summed E-state index contributed by atoms with van der Waals surface area (Å²) in [6.07, 6.45) is 0. The van der Waals surface area contributed by atoms with E-state index < -0.39 is 5.97 Å². The molecule has 5 heteroatoms. The van der Waals surface area contributed by atoms with Crippen LogP contribution in [0.2, 0.25) is 5.02 Å². The molecule has 0 bridgehead atoms. The summed E-state index contributed by atoms with van der Waals surface area (Å²) < 4.78 is 0. The van der Waals surface area contributed by atoms with Crippen LogP contribution < -0.4 is 4.90 Å². The van der Waals surface area contributed by atoms with Crippen molar-refractivity contribution in [3.8, 4) is 11.1 Å². The van der Waals surface area contributed by atoms with Crippen LogP contribution in [0.1, 0.15) is 21.5 Å². The second-order valence-electron chi connectivity index (χ2n) is 7.73. The minimum Gasteiger partial charge on any atom is -0.478 e. The number of piperazine rings is 1. The smallest absolute Gasteiger partial charge is 0.335 e. The van der Waals surface area contributed by atoms with Crippen molar-refractivity contribution in [1.29, 1.82) is 0 Å². The van der Waals surface area contributed by atoms with E-state index in [1.165, 1.54) is 22.3 Å². The van der Waals surface area contributed by atoms with Gasteiger partial charge in [0.15, 0.2) is 0 Å². The van der Waals surface area contributed by atoms with Gasteiger partial charge in [-0.15, -0.1) is 0 Å². The van der Waals surface area contributed by atoms with E-state index in [0.717, 1.165) is 43.4 Å². The highest BCUT2D eigenvalue weighted by molar-refractivity contribution is 6.30. The van der Waals surface area contributed by atoms with Gasteiger partial charge >= 0.3 is 5.97 Å². The molecule has 0 unspecified atom stereocenters. The Bertz CT molecular complexity index is 1040. The molecule has 3 aromatic carbocycles. The van der Waals surface area contributed by atoms with Gasteiger partial charge < -0.3 is 10.0 Å². The molecule has 1 aliphatic rings. The molecule has 154 valence electrons. The average Bonchev–Trinajstić information content (AvgIpc) is 2.75. The van der Waals surface area contributed by atoms with E-state index in [9.17, 15) is 4.79 Å². The topological polar surface area (TPSA) is 43.8 Å². The van der Waals surface area contributed by atoms with Gasteiger partial charge in [0.2, 0.25) is 0 Å². The molecular weight excluding hydrogens is 396 g/mol. The Hall–Kier alpha value is -2.82. The molecule has 0 saturated carbocycles. The fraction of sp³-hybridized carbons (Fsp3) is 0.240. The minimum absolute atomic E-state index is 0.325. The van der Waals surface area contributed by atoms with E-state index in [4.69, 9.17) is 16.7 Å². The van der Waals surface area contributed by atoms with Gasteiger partial charge in [0.1, 0.15) is 0 Å². The van der Waals surface area contributed by atoms with Crippen LogP contribution in [-0.2, 0) is 6.54 Å². The zero-order valence-electron chi connectivity index (χ0n) is 17.0. The van der Waals surface area contributed by atoms with Crippen molar-refractivity contribution in [3.63, 3.8) is 0 Å². The molecule has 1 heterocycles. The predicted molar refractivity (Wildman–Crippen MR) is 123 cm³/mol. The van der Waals surface area contributed by atoms with Crippen molar-refractivity contribution in [3.05, 3.63) is 88.4 Å². The minimum atomic E-state index is -0.888. The third-order valence-corrected chi connectivity index (χ3v) is 5.98. The van der Waals surface area contributed by atoms with Crippen LogP contribution >= 0.6 is 11.6 Å². The first-order valence-electron chi connectivity index (χ1n) is 10.2. The predicted octanol–water partition coefficient (Wildman–Crippen LogP) is 5.34. The van der Waals surface area contributed by atoms with E-state index in [0.29, 0.717) is 5.56 Å². The molecule has 0 amide bonds. The van der Waals surface area contributed by atoms with Gasteiger partial charge in [-0.3, -0.25) is 4.90 Å². The Morgan fingerprint density at radius 1 is 0.933 bits per heavy atom. The molecule has 1 N–H and O–H groups in total. The van der Waals surface area contributed by atoms with Gasteiger partial charge in [-0.25, -0.2) is 4.79 Å². The molecule has 4 nitrogen and oxygen atoms in total. The van der Waals surface area contributed by atoms with Gasteiger partial charge in [0.05, 0.1) is 5.56 Å². The Morgan fingerprint density at radius 3 is 2.30 bits per heavy atom. The lowest BCUT2D eigenvalue weighted by Gasteiger charge is -2.36. The Labute approximate surface area is 182 Å². The average molecular weight is 421 g/mol. The van der Waals surface area contributed by atoms with Crippen LogP contribution in [0.3, 0.4) is 0 Å². The maximum absolute atomic E-state index is 11.0. The van der Waals surface area contributed by atoms with Crippen LogP contribution in [0, 0.1) is 6.92 Å². The van der Waals surface area contributed by atoms with Crippen molar-refractivity contribution in [2.45, 2.75) is 13.5 Å². The fourth-order valence-electron chi connectivity index (χ4n) is 4.07. The second-order valence-corrected chi connectivity index (χ2v) is 8.17. The number of benzene rings is 3.